The van der Waals surface area contributed by atoms with Crippen molar-refractivity contribution in [2.24, 2.45) is 0 Å². The van der Waals surface area contributed by atoms with Gasteiger partial charge in [-0.05, 0) is 23.6 Å². The first-order valence-electron chi connectivity index (χ1n) is 9.36. The first-order chi connectivity index (χ1) is 13.6. The van der Waals surface area contributed by atoms with Gasteiger partial charge in [0.1, 0.15) is 0 Å². The molecule has 4 rings (SSSR count). The highest BCUT2D eigenvalue weighted by Gasteiger charge is 2.21. The molecule has 146 valence electrons. The molecule has 0 bridgehead atoms. The van der Waals surface area contributed by atoms with Crippen LogP contribution in [-0.4, -0.2) is 51.7 Å². The molecule has 0 spiro atoms. The highest BCUT2D eigenvalue weighted by Crippen LogP contribution is 2.14. The molecule has 3 aromatic rings. The van der Waals surface area contributed by atoms with E-state index in [1.807, 2.05) is 4.90 Å². The summed E-state index contributed by atoms with van der Waals surface area (Å²) >= 11 is 1.75. The van der Waals surface area contributed by atoms with E-state index in [-0.39, 0.29) is 30.0 Å². The molecule has 28 heavy (non-hydrogen) atoms. The molecule has 1 N–H and O–H groups in total. The van der Waals surface area contributed by atoms with Gasteiger partial charge in [-0.25, -0.2) is 4.68 Å². The minimum Gasteiger partial charge on any atom is -0.340 e. The zero-order valence-corrected chi connectivity index (χ0v) is 16.3. The number of nitrogens with one attached hydrogen (secondary N) is 1. The van der Waals surface area contributed by atoms with Crippen LogP contribution in [0.15, 0.2) is 51.4 Å². The molecule has 1 aliphatic rings. The summed E-state index contributed by atoms with van der Waals surface area (Å²) in [6.07, 6.45) is 0.194. The molecular weight excluding hydrogens is 376 g/mol. The molecule has 0 radical (unpaired) electrons. The Morgan fingerprint density at radius 1 is 1.00 bits per heavy atom. The zero-order valence-electron chi connectivity index (χ0n) is 15.5. The van der Waals surface area contributed by atoms with Gasteiger partial charge in [0.25, 0.3) is 11.1 Å². The Labute approximate surface area is 165 Å². The second kappa shape index (κ2) is 8.12. The molecule has 1 fully saturated rings. The summed E-state index contributed by atoms with van der Waals surface area (Å²) in [4.78, 5) is 42.8. The number of nitrogens with zero attached hydrogens (tertiary/aromatic N) is 3. The summed E-state index contributed by atoms with van der Waals surface area (Å²) in [6.45, 7) is 4.16. The van der Waals surface area contributed by atoms with E-state index in [0.29, 0.717) is 23.9 Å². The number of carbonyl (C=O) groups excluding carboxylic acids is 1. The fraction of sp³-hybridized carbons (Fsp3) is 0.350. The van der Waals surface area contributed by atoms with E-state index < -0.39 is 0 Å². The van der Waals surface area contributed by atoms with Crippen LogP contribution in [0.2, 0.25) is 0 Å². The largest absolute Gasteiger partial charge is 0.340 e. The third-order valence-electron chi connectivity index (χ3n) is 5.12. The number of aryl methyl sites for hydroxylation is 1. The van der Waals surface area contributed by atoms with Crippen LogP contribution >= 0.6 is 11.3 Å². The van der Waals surface area contributed by atoms with Gasteiger partial charge in [0.2, 0.25) is 5.91 Å². The predicted octanol–water partition coefficient (Wildman–Crippen LogP) is 1.49. The monoisotopic (exact) mass is 398 g/mol. The van der Waals surface area contributed by atoms with E-state index in [4.69, 9.17) is 0 Å². The molecule has 8 heteroatoms. The van der Waals surface area contributed by atoms with Gasteiger partial charge in [-0.2, -0.15) is 0 Å². The maximum atomic E-state index is 12.6. The third-order valence-corrected chi connectivity index (χ3v) is 5.98. The first-order valence-corrected chi connectivity index (χ1v) is 10.2. The molecule has 7 nitrogen and oxygen atoms in total. The smallest absolute Gasteiger partial charge is 0.273 e. The fourth-order valence-corrected chi connectivity index (χ4v) is 4.29. The van der Waals surface area contributed by atoms with E-state index in [2.05, 4.69) is 27.5 Å². The van der Waals surface area contributed by atoms with Gasteiger partial charge in [-0.1, -0.05) is 18.2 Å². The Balaban J connectivity index is 1.35. The fourth-order valence-electron chi connectivity index (χ4n) is 3.55. The van der Waals surface area contributed by atoms with Crippen molar-refractivity contribution in [2.75, 3.05) is 26.2 Å². The van der Waals surface area contributed by atoms with Crippen LogP contribution in [-0.2, 0) is 17.9 Å². The van der Waals surface area contributed by atoms with E-state index in [1.54, 1.807) is 35.6 Å². The van der Waals surface area contributed by atoms with E-state index >= 15 is 0 Å². The Morgan fingerprint density at radius 3 is 2.46 bits per heavy atom. The summed E-state index contributed by atoms with van der Waals surface area (Å²) in [5.74, 6) is 0.0108. The lowest BCUT2D eigenvalue weighted by Crippen LogP contribution is -2.48. The maximum absolute atomic E-state index is 12.6. The van der Waals surface area contributed by atoms with Crippen molar-refractivity contribution in [1.82, 2.24) is 19.6 Å². The standard InChI is InChI=1S/C20H22N4O3S/c25-18(23-11-9-22(10-12-23)14-15-4-3-13-28-15)7-8-24-20(27)17-6-2-1-5-16(17)19(26)21-24/h1-6,13H,7-12,14H2,(H,21,26). The van der Waals surface area contributed by atoms with Crippen LogP contribution in [0, 0.1) is 0 Å². The number of fused-ring (bicyclic) bond motifs is 1. The lowest BCUT2D eigenvalue weighted by atomic mass is 10.2. The number of aromatic amines is 1. The van der Waals surface area contributed by atoms with Crippen LogP contribution in [0.3, 0.4) is 0 Å². The number of amides is 1. The molecule has 0 unspecified atom stereocenters. The SMILES string of the molecule is O=C(CCn1[nH]c(=O)c2ccccc2c1=O)N1CCN(Cc2cccs2)CC1. The number of rotatable bonds is 5. The molecule has 3 heterocycles. The number of piperazine rings is 1. The Bertz CT molecular complexity index is 1080. The van der Waals surface area contributed by atoms with Gasteiger partial charge in [0.05, 0.1) is 17.3 Å². The minimum atomic E-state index is -0.315. The van der Waals surface area contributed by atoms with Gasteiger partial charge in [-0.15, -0.1) is 11.3 Å². The van der Waals surface area contributed by atoms with E-state index in [0.717, 1.165) is 19.6 Å². The van der Waals surface area contributed by atoms with Crippen LogP contribution in [0.5, 0.6) is 0 Å². The number of aromatic nitrogens is 2. The van der Waals surface area contributed by atoms with Gasteiger partial charge >= 0.3 is 0 Å². The third kappa shape index (κ3) is 3.93. The molecule has 1 saturated heterocycles. The van der Waals surface area contributed by atoms with Crippen molar-refractivity contribution >= 4 is 28.0 Å². The van der Waals surface area contributed by atoms with E-state index in [9.17, 15) is 14.4 Å². The van der Waals surface area contributed by atoms with Crippen LogP contribution in [0.25, 0.3) is 10.8 Å². The van der Waals surface area contributed by atoms with E-state index in [1.165, 1.54) is 9.56 Å². The van der Waals surface area contributed by atoms with Crippen molar-refractivity contribution in [1.29, 1.82) is 0 Å². The van der Waals surface area contributed by atoms with Crippen LogP contribution in [0.1, 0.15) is 11.3 Å². The van der Waals surface area contributed by atoms with Gasteiger partial charge < -0.3 is 4.90 Å². The molecule has 0 atom stereocenters. The number of carbonyl (C=O) groups is 1. The van der Waals surface area contributed by atoms with Crippen molar-refractivity contribution < 1.29 is 4.79 Å². The predicted molar refractivity (Wildman–Crippen MR) is 110 cm³/mol. The summed E-state index contributed by atoms with van der Waals surface area (Å²) in [6, 6.07) is 10.9. The van der Waals surface area contributed by atoms with Crippen molar-refractivity contribution in [3.63, 3.8) is 0 Å². The molecule has 2 aromatic heterocycles. The number of thiophene rings is 1. The lowest BCUT2D eigenvalue weighted by molar-refractivity contribution is -0.133. The summed E-state index contributed by atoms with van der Waals surface area (Å²) in [5, 5.41) is 5.41. The lowest BCUT2D eigenvalue weighted by Gasteiger charge is -2.34. The quantitative estimate of drug-likeness (QED) is 0.706. The Hall–Kier alpha value is -2.71. The molecule has 0 aliphatic carbocycles. The first kappa shape index (κ1) is 18.6. The summed E-state index contributed by atoms with van der Waals surface area (Å²) in [7, 11) is 0. The minimum absolute atomic E-state index is 0.0108. The highest BCUT2D eigenvalue weighted by molar-refractivity contribution is 7.09. The molecule has 0 saturated carbocycles. The van der Waals surface area contributed by atoms with Gasteiger partial charge in [0, 0.05) is 44.0 Å². The second-order valence-corrected chi connectivity index (χ2v) is 7.96. The number of H-pyrrole nitrogens is 1. The highest BCUT2D eigenvalue weighted by atomic mass is 32.1. The van der Waals surface area contributed by atoms with Crippen LogP contribution in [0.4, 0.5) is 0 Å². The Morgan fingerprint density at radius 2 is 1.75 bits per heavy atom. The molecule has 1 aliphatic heterocycles. The average molecular weight is 398 g/mol. The summed E-state index contributed by atoms with van der Waals surface area (Å²) in [5.41, 5.74) is -0.589. The second-order valence-electron chi connectivity index (χ2n) is 6.93. The average Bonchev–Trinajstić information content (AvgIpc) is 3.23. The van der Waals surface area contributed by atoms with Crippen molar-refractivity contribution in [3.05, 3.63) is 67.4 Å². The topological polar surface area (TPSA) is 78.4 Å². The number of hydrogen-bond acceptors (Lipinski definition) is 5. The maximum Gasteiger partial charge on any atom is 0.273 e. The number of benzene rings is 1. The molecule has 1 amide bonds. The zero-order chi connectivity index (χ0) is 19.5. The van der Waals surface area contributed by atoms with Crippen LogP contribution < -0.4 is 11.1 Å². The van der Waals surface area contributed by atoms with Crippen molar-refractivity contribution in [2.45, 2.75) is 19.5 Å². The van der Waals surface area contributed by atoms with Crippen molar-refractivity contribution in [3.8, 4) is 0 Å². The summed E-state index contributed by atoms with van der Waals surface area (Å²) < 4.78 is 1.25. The number of hydrogen-bond donors (Lipinski definition) is 1. The molecule has 1 aromatic carbocycles. The molecular formula is C20H22N4O3S. The van der Waals surface area contributed by atoms with Gasteiger partial charge in [-0.3, -0.25) is 24.4 Å². The normalized spacial score (nSPS) is 15.2. The Kier molecular flexibility index (Phi) is 5.40. The van der Waals surface area contributed by atoms with Gasteiger partial charge in [0.15, 0.2) is 0 Å².